The van der Waals surface area contributed by atoms with E-state index < -0.39 is 29.2 Å². The average Bonchev–Trinajstić information content (AvgIpc) is 2.26. The van der Waals surface area contributed by atoms with Gasteiger partial charge in [0.15, 0.2) is 11.5 Å². The summed E-state index contributed by atoms with van der Waals surface area (Å²) >= 11 is 1.58. The number of hydrogen-bond donors (Lipinski definition) is 6. The Hall–Kier alpha value is -7.33. The van der Waals surface area contributed by atoms with E-state index in [1.807, 2.05) is 69.6 Å². The van der Waals surface area contributed by atoms with Crippen molar-refractivity contribution in [2.45, 2.75) is 155 Å². The first-order valence-corrected chi connectivity index (χ1v) is 30.6. The molecule has 8 rings (SSSR count). The van der Waals surface area contributed by atoms with E-state index in [2.05, 4.69) is 64.7 Å². The number of carbonyl (C=O) groups excluding carboxylic acids is 4. The Labute approximate surface area is 497 Å². The molecule has 0 bridgehead atoms. The second kappa shape index (κ2) is 29.0. The van der Waals surface area contributed by atoms with Crippen LogP contribution >= 0.6 is 11.3 Å². The number of aromatic nitrogens is 6. The number of nitrogens with one attached hydrogen (secondary N) is 4. The highest BCUT2D eigenvalue weighted by molar-refractivity contribution is 7.13. The van der Waals surface area contributed by atoms with E-state index in [1.54, 1.807) is 54.1 Å². The van der Waals surface area contributed by atoms with Crippen molar-refractivity contribution >= 4 is 63.3 Å². The summed E-state index contributed by atoms with van der Waals surface area (Å²) in [5, 5.41) is 33.9. The zero-order valence-corrected chi connectivity index (χ0v) is 50.6. The normalized spacial score (nSPS) is 16.2. The van der Waals surface area contributed by atoms with Crippen LogP contribution in [0.5, 0.6) is 0 Å². The predicted octanol–water partition coefficient (Wildman–Crippen LogP) is 7.90. The molecular weight excluding hydrogens is 1080 g/mol. The SMILES string of the molecule is C=CCn1c(=O)c2cnc(Nc3ccc(N4CCN(CCCC(=O)NCCCCCCCCCCC(=O)NC(C(=O)N5CC(O)CC5C(=O)NCc5ccc(-c6scnc6C)cc5)C(C)(C)C)CC4)cc3)nc2n1-c1cccc(C(C)(C)O)n1. The molecule has 6 heterocycles. The summed E-state index contributed by atoms with van der Waals surface area (Å²) in [6.07, 6.45) is 12.0. The topological polar surface area (TPSA) is 245 Å². The molecule has 0 spiro atoms. The smallest absolute Gasteiger partial charge is 0.278 e. The van der Waals surface area contributed by atoms with E-state index in [0.29, 0.717) is 54.3 Å². The standard InChI is InChI=1S/C63H85N13O7S/c1-8-32-75-59(81)49-40-66-61(71-57(49)76(75)52-20-17-19-51(69-52)63(6,7)83)68-46-27-29-47(30-28-46)73-36-34-72(35-37-73)33-18-22-53(78)64-31-16-14-12-10-9-11-13-15-21-54(79)70-56(62(3,4)5)60(82)74-41-48(77)38-50(74)58(80)65-39-44-23-25-45(26-24-44)55-43(2)67-42-84-55/h8,17,19-20,23-30,40,42,48,50,56,77,83H,1,9-16,18,21-22,31-39,41H2,2-7H3,(H,64,78)(H,65,80)(H,70,79)(H,66,68,71). The predicted molar refractivity (Wildman–Crippen MR) is 330 cm³/mol. The number of nitrogens with zero attached hydrogens (tertiary/aromatic N) is 9. The van der Waals surface area contributed by atoms with Crippen LogP contribution < -0.4 is 31.7 Å². The minimum Gasteiger partial charge on any atom is -0.391 e. The van der Waals surface area contributed by atoms with Crippen LogP contribution in [0.15, 0.2) is 95.9 Å². The molecule has 4 aromatic heterocycles. The zero-order chi connectivity index (χ0) is 60.0. The highest BCUT2D eigenvalue weighted by Gasteiger charge is 2.44. The van der Waals surface area contributed by atoms with Crippen molar-refractivity contribution in [2.24, 2.45) is 5.41 Å². The molecule has 2 saturated heterocycles. The highest BCUT2D eigenvalue weighted by atomic mass is 32.1. The number of allylic oxidation sites excluding steroid dienone is 1. The third kappa shape index (κ3) is 16.7. The Kier molecular flexibility index (Phi) is 21.6. The van der Waals surface area contributed by atoms with Gasteiger partial charge in [-0.1, -0.05) is 95.7 Å². The van der Waals surface area contributed by atoms with Gasteiger partial charge in [-0.3, -0.25) is 28.9 Å². The number of rotatable bonds is 28. The molecule has 2 aliphatic heterocycles. The maximum absolute atomic E-state index is 14.0. The van der Waals surface area contributed by atoms with Crippen LogP contribution in [0.25, 0.3) is 27.3 Å². The fourth-order valence-electron chi connectivity index (χ4n) is 10.9. The van der Waals surface area contributed by atoms with Crippen LogP contribution in [0.4, 0.5) is 17.3 Å². The fourth-order valence-corrected chi connectivity index (χ4v) is 11.7. The molecule has 2 aromatic carbocycles. The number of aliphatic hydroxyl groups excluding tert-OH is 1. The molecule has 3 unspecified atom stereocenters. The zero-order valence-electron chi connectivity index (χ0n) is 49.7. The van der Waals surface area contributed by atoms with E-state index in [9.17, 15) is 34.2 Å². The number of aliphatic hydroxyl groups is 2. The summed E-state index contributed by atoms with van der Waals surface area (Å²) in [5.41, 5.74) is 5.44. The lowest BCUT2D eigenvalue weighted by Gasteiger charge is -2.36. The number of aryl methyl sites for hydroxylation is 1. The number of unbranched alkanes of at least 4 members (excludes halogenated alkanes) is 7. The van der Waals surface area contributed by atoms with Crippen molar-refractivity contribution in [3.63, 3.8) is 0 Å². The highest BCUT2D eigenvalue weighted by Crippen LogP contribution is 2.30. The molecule has 0 saturated carbocycles. The average molecular weight is 1170 g/mol. The summed E-state index contributed by atoms with van der Waals surface area (Å²) < 4.78 is 3.14. The van der Waals surface area contributed by atoms with Crippen LogP contribution in [0.2, 0.25) is 0 Å². The van der Waals surface area contributed by atoms with Crippen molar-refractivity contribution in [1.82, 2.24) is 55.0 Å². The van der Waals surface area contributed by atoms with Crippen LogP contribution in [0.1, 0.15) is 129 Å². The number of likely N-dealkylation sites (tertiary alicyclic amines) is 1. The van der Waals surface area contributed by atoms with Crippen LogP contribution in [0, 0.1) is 12.3 Å². The number of carbonyl (C=O) groups is 4. The lowest BCUT2D eigenvalue weighted by Crippen LogP contribution is -2.57. The van der Waals surface area contributed by atoms with Gasteiger partial charge in [0.2, 0.25) is 29.6 Å². The Balaban J connectivity index is 0.657. The summed E-state index contributed by atoms with van der Waals surface area (Å²) in [5.74, 6) is -0.0334. The van der Waals surface area contributed by atoms with Gasteiger partial charge in [-0.15, -0.1) is 17.9 Å². The molecule has 2 fully saturated rings. The minimum absolute atomic E-state index is 0.0300. The van der Waals surface area contributed by atoms with Gasteiger partial charge in [-0.2, -0.15) is 4.98 Å². The molecule has 20 nitrogen and oxygen atoms in total. The minimum atomic E-state index is -1.18. The molecule has 0 aliphatic carbocycles. The number of hydrogen-bond acceptors (Lipinski definition) is 15. The monoisotopic (exact) mass is 1170 g/mol. The van der Waals surface area contributed by atoms with E-state index in [-0.39, 0.29) is 55.2 Å². The second-order valence-electron chi connectivity index (χ2n) is 23.8. The summed E-state index contributed by atoms with van der Waals surface area (Å²) in [6.45, 7) is 20.5. The Morgan fingerprint density at radius 1 is 0.821 bits per heavy atom. The van der Waals surface area contributed by atoms with E-state index in [4.69, 9.17) is 4.98 Å². The maximum atomic E-state index is 14.0. The number of β-amino-alcohol motifs (C(OH)–C–C–N with tert-alkyl or cyclic N) is 1. The number of benzene rings is 2. The molecule has 6 N–H and O–H groups in total. The van der Waals surface area contributed by atoms with Crippen LogP contribution in [-0.2, 0) is 37.9 Å². The van der Waals surface area contributed by atoms with Crippen molar-refractivity contribution in [2.75, 3.05) is 56.0 Å². The van der Waals surface area contributed by atoms with Crippen molar-refractivity contribution in [3.8, 4) is 16.3 Å². The molecule has 2 aliphatic rings. The summed E-state index contributed by atoms with van der Waals surface area (Å²) in [6, 6.07) is 19.7. The van der Waals surface area contributed by atoms with Crippen LogP contribution in [0.3, 0.4) is 0 Å². The van der Waals surface area contributed by atoms with Crippen molar-refractivity contribution < 1.29 is 29.4 Å². The Bertz CT molecular complexity index is 3250. The summed E-state index contributed by atoms with van der Waals surface area (Å²) in [4.78, 5) is 92.3. The maximum Gasteiger partial charge on any atom is 0.278 e. The Morgan fingerprint density at radius 3 is 2.18 bits per heavy atom. The first-order valence-electron chi connectivity index (χ1n) is 29.7. The molecule has 0 radical (unpaired) electrons. The fraction of sp³-hybridized carbons (Fsp3) is 0.508. The van der Waals surface area contributed by atoms with Gasteiger partial charge >= 0.3 is 0 Å². The van der Waals surface area contributed by atoms with Gasteiger partial charge in [0.1, 0.15) is 23.1 Å². The van der Waals surface area contributed by atoms with E-state index >= 15 is 0 Å². The Morgan fingerprint density at radius 2 is 1.51 bits per heavy atom. The van der Waals surface area contributed by atoms with Crippen LogP contribution in [-0.4, -0.2) is 137 Å². The molecule has 4 amide bonds. The van der Waals surface area contributed by atoms with Crippen molar-refractivity contribution in [1.29, 1.82) is 0 Å². The quantitative estimate of drug-likeness (QED) is 0.0202. The van der Waals surface area contributed by atoms with Crippen molar-refractivity contribution in [3.05, 3.63) is 118 Å². The molecule has 450 valence electrons. The number of anilines is 3. The molecule has 84 heavy (non-hydrogen) atoms. The van der Waals surface area contributed by atoms with Gasteiger partial charge in [0.05, 0.1) is 34.4 Å². The largest absolute Gasteiger partial charge is 0.391 e. The number of amides is 4. The lowest BCUT2D eigenvalue weighted by molar-refractivity contribution is -0.144. The first-order chi connectivity index (χ1) is 40.3. The van der Waals surface area contributed by atoms with Gasteiger partial charge in [0, 0.05) is 82.6 Å². The summed E-state index contributed by atoms with van der Waals surface area (Å²) in [7, 11) is 0. The first kappa shape index (κ1) is 62.7. The lowest BCUT2D eigenvalue weighted by atomic mass is 9.85. The molecule has 21 heteroatoms. The van der Waals surface area contributed by atoms with Gasteiger partial charge in [-0.05, 0) is 99.5 Å². The third-order valence-electron chi connectivity index (χ3n) is 15.7. The second-order valence-corrected chi connectivity index (χ2v) is 24.7. The third-order valence-corrected chi connectivity index (χ3v) is 16.6. The van der Waals surface area contributed by atoms with Gasteiger partial charge < -0.3 is 41.3 Å². The molecule has 6 aromatic rings. The van der Waals surface area contributed by atoms with Gasteiger partial charge in [-0.25, -0.2) is 24.3 Å². The number of fused-ring (bicyclic) bond motifs is 1. The van der Waals surface area contributed by atoms with E-state index in [1.165, 1.54) is 15.8 Å². The van der Waals surface area contributed by atoms with E-state index in [0.717, 1.165) is 117 Å². The molecule has 3 atom stereocenters. The number of thiazole rings is 1. The molecular formula is C63H85N13O7S. The van der Waals surface area contributed by atoms with Gasteiger partial charge in [0.25, 0.3) is 5.56 Å². The number of pyridine rings is 1. The number of piperazine rings is 1.